The molecule has 8 heteroatoms. The maximum Gasteiger partial charge on any atom is 0.217 e. The zero-order chi connectivity index (χ0) is 17.8. The van der Waals surface area contributed by atoms with Crippen molar-refractivity contribution in [3.05, 3.63) is 46.4 Å². The van der Waals surface area contributed by atoms with Gasteiger partial charge in [-0.1, -0.05) is 6.07 Å². The van der Waals surface area contributed by atoms with E-state index in [4.69, 9.17) is 19.6 Å². The second kappa shape index (κ2) is 7.71. The summed E-state index contributed by atoms with van der Waals surface area (Å²) in [6.07, 6.45) is 0. The van der Waals surface area contributed by atoms with Crippen LogP contribution in [0.25, 0.3) is 11.6 Å². The highest BCUT2D eigenvalue weighted by Crippen LogP contribution is 2.32. The van der Waals surface area contributed by atoms with Crippen LogP contribution in [-0.2, 0) is 0 Å². The molecule has 3 aromatic rings. The van der Waals surface area contributed by atoms with Gasteiger partial charge in [-0.3, -0.25) is 5.10 Å². The topological polar surface area (TPSA) is 99.2 Å². The first kappa shape index (κ1) is 17.5. The second-order valence-corrected chi connectivity index (χ2v) is 5.98. The highest BCUT2D eigenvalue weighted by atomic mass is 79.9. The molecule has 0 saturated heterocycles. The number of halogens is 1. The number of nitrogens with one attached hydrogen (secondary N) is 1. The minimum atomic E-state index is -0.477. The maximum absolute atomic E-state index is 6.33. The first-order valence-corrected chi connectivity index (χ1v) is 8.74. The van der Waals surface area contributed by atoms with Gasteiger partial charge >= 0.3 is 0 Å². The number of aromatic nitrogens is 3. The number of hydrogen-bond donors (Lipinski definition) is 2. The Kier molecular flexibility index (Phi) is 5.40. The van der Waals surface area contributed by atoms with E-state index in [0.29, 0.717) is 46.8 Å². The molecule has 0 amide bonds. The van der Waals surface area contributed by atoms with Crippen LogP contribution in [0, 0.1) is 0 Å². The zero-order valence-electron chi connectivity index (χ0n) is 14.0. The van der Waals surface area contributed by atoms with Crippen molar-refractivity contribution >= 4 is 15.9 Å². The van der Waals surface area contributed by atoms with E-state index in [2.05, 4.69) is 31.1 Å². The fraction of sp³-hybridized carbons (Fsp3) is 0.294. The molecule has 2 heterocycles. The molecule has 0 unspecified atom stereocenters. The van der Waals surface area contributed by atoms with Gasteiger partial charge in [0.05, 0.1) is 19.3 Å². The fourth-order valence-electron chi connectivity index (χ4n) is 2.38. The third kappa shape index (κ3) is 3.85. The number of hydrogen-bond acceptors (Lipinski definition) is 6. The van der Waals surface area contributed by atoms with E-state index in [1.807, 2.05) is 32.0 Å². The van der Waals surface area contributed by atoms with Crippen LogP contribution in [0.5, 0.6) is 11.5 Å². The maximum atomic E-state index is 6.33. The largest absolute Gasteiger partial charge is 0.490 e. The molecule has 7 nitrogen and oxygen atoms in total. The smallest absolute Gasteiger partial charge is 0.217 e. The lowest BCUT2D eigenvalue weighted by atomic mass is 10.1. The zero-order valence-corrected chi connectivity index (χ0v) is 15.5. The third-order valence-electron chi connectivity index (χ3n) is 3.52. The summed E-state index contributed by atoms with van der Waals surface area (Å²) in [6, 6.07) is 8.70. The van der Waals surface area contributed by atoms with Crippen LogP contribution in [0.3, 0.4) is 0 Å². The molecule has 0 aliphatic carbocycles. The molecule has 0 saturated carbocycles. The first-order valence-electron chi connectivity index (χ1n) is 7.95. The van der Waals surface area contributed by atoms with Gasteiger partial charge in [0.15, 0.2) is 21.9 Å². The highest BCUT2D eigenvalue weighted by molar-refractivity contribution is 9.10. The minimum absolute atomic E-state index is 0.451. The summed E-state index contributed by atoms with van der Waals surface area (Å²) in [5.41, 5.74) is 7.17. The monoisotopic (exact) mass is 406 g/mol. The van der Waals surface area contributed by atoms with Crippen LogP contribution in [-0.4, -0.2) is 28.4 Å². The average Bonchev–Trinajstić information content (AvgIpc) is 3.25. The van der Waals surface area contributed by atoms with Crippen LogP contribution in [0.2, 0.25) is 0 Å². The van der Waals surface area contributed by atoms with Crippen LogP contribution in [0.15, 0.2) is 39.4 Å². The molecule has 1 atom stereocenters. The van der Waals surface area contributed by atoms with E-state index in [0.717, 1.165) is 5.56 Å². The first-order chi connectivity index (χ1) is 12.1. The standard InChI is InChI=1S/C17H19BrN4O3/c1-3-23-11-6-5-10(9-13(11)24-4-2)15(19)17-20-16(21-22-17)12-7-8-14(18)25-12/h5-9,15H,3-4,19H2,1-2H3,(H,20,21,22)/t15-/m0/s1. The van der Waals surface area contributed by atoms with Crippen molar-refractivity contribution in [2.24, 2.45) is 5.73 Å². The number of furan rings is 1. The lowest BCUT2D eigenvalue weighted by molar-refractivity contribution is 0.287. The summed E-state index contributed by atoms with van der Waals surface area (Å²) in [5, 5.41) is 7.03. The van der Waals surface area contributed by atoms with Crippen LogP contribution in [0.1, 0.15) is 31.3 Å². The molecular weight excluding hydrogens is 388 g/mol. The minimum Gasteiger partial charge on any atom is -0.490 e. The fourth-order valence-corrected chi connectivity index (χ4v) is 2.68. The molecule has 3 rings (SSSR count). The van der Waals surface area contributed by atoms with Crippen LogP contribution < -0.4 is 15.2 Å². The molecule has 25 heavy (non-hydrogen) atoms. The van der Waals surface area contributed by atoms with Gasteiger partial charge in [0.25, 0.3) is 0 Å². The number of nitrogens with zero attached hydrogens (tertiary/aromatic N) is 2. The molecule has 0 radical (unpaired) electrons. The number of aromatic amines is 1. The Morgan fingerprint density at radius 1 is 1.16 bits per heavy atom. The van der Waals surface area contributed by atoms with Gasteiger partial charge < -0.3 is 19.6 Å². The van der Waals surface area contributed by atoms with E-state index >= 15 is 0 Å². The Balaban J connectivity index is 1.86. The number of nitrogens with two attached hydrogens (primary N) is 1. The molecule has 0 aliphatic heterocycles. The summed E-state index contributed by atoms with van der Waals surface area (Å²) >= 11 is 3.26. The van der Waals surface area contributed by atoms with Gasteiger partial charge in [-0.05, 0) is 59.6 Å². The SMILES string of the molecule is CCOc1ccc([C@H](N)c2nc(-c3ccc(Br)o3)n[nH]2)cc1OCC. The normalized spacial score (nSPS) is 12.2. The molecule has 2 aromatic heterocycles. The predicted octanol–water partition coefficient (Wildman–Crippen LogP) is 3.67. The Morgan fingerprint density at radius 3 is 2.60 bits per heavy atom. The van der Waals surface area contributed by atoms with Crippen LogP contribution >= 0.6 is 15.9 Å². The summed E-state index contributed by atoms with van der Waals surface area (Å²) in [5.74, 6) is 2.90. The van der Waals surface area contributed by atoms with Gasteiger partial charge in [0, 0.05) is 0 Å². The lowest BCUT2D eigenvalue weighted by Gasteiger charge is -2.14. The molecule has 3 N–H and O–H groups in total. The van der Waals surface area contributed by atoms with Gasteiger partial charge in [0.1, 0.15) is 5.82 Å². The number of ether oxygens (including phenoxy) is 2. The Labute approximate surface area is 153 Å². The van der Waals surface area contributed by atoms with Crippen molar-refractivity contribution < 1.29 is 13.9 Å². The predicted molar refractivity (Wildman–Crippen MR) is 96.6 cm³/mol. The van der Waals surface area contributed by atoms with Gasteiger partial charge in [-0.2, -0.15) is 0 Å². The quantitative estimate of drug-likeness (QED) is 0.620. The van der Waals surface area contributed by atoms with Crippen molar-refractivity contribution in [3.63, 3.8) is 0 Å². The van der Waals surface area contributed by atoms with Crippen molar-refractivity contribution in [3.8, 4) is 23.1 Å². The molecule has 0 aliphatic rings. The second-order valence-electron chi connectivity index (χ2n) is 5.20. The van der Waals surface area contributed by atoms with E-state index in [9.17, 15) is 0 Å². The summed E-state index contributed by atoms with van der Waals surface area (Å²) in [7, 11) is 0. The molecule has 0 bridgehead atoms. The molecule has 132 valence electrons. The summed E-state index contributed by atoms with van der Waals surface area (Å²) in [6.45, 7) is 4.96. The molecule has 0 spiro atoms. The van der Waals surface area contributed by atoms with E-state index in [-0.39, 0.29) is 0 Å². The Hall–Kier alpha value is -2.32. The summed E-state index contributed by atoms with van der Waals surface area (Å²) < 4.78 is 17.3. The molecular formula is C17H19BrN4O3. The Morgan fingerprint density at radius 2 is 1.92 bits per heavy atom. The van der Waals surface area contributed by atoms with E-state index in [1.165, 1.54) is 0 Å². The number of H-pyrrole nitrogens is 1. The molecule has 0 fully saturated rings. The van der Waals surface area contributed by atoms with Crippen molar-refractivity contribution in [1.82, 2.24) is 15.2 Å². The molecule has 1 aromatic carbocycles. The lowest BCUT2D eigenvalue weighted by Crippen LogP contribution is -2.14. The van der Waals surface area contributed by atoms with E-state index < -0.39 is 6.04 Å². The third-order valence-corrected chi connectivity index (χ3v) is 3.94. The van der Waals surface area contributed by atoms with Crippen molar-refractivity contribution in [1.29, 1.82) is 0 Å². The van der Waals surface area contributed by atoms with Gasteiger partial charge in [-0.25, -0.2) is 4.98 Å². The van der Waals surface area contributed by atoms with Gasteiger partial charge in [0.2, 0.25) is 5.82 Å². The van der Waals surface area contributed by atoms with Gasteiger partial charge in [-0.15, -0.1) is 5.10 Å². The van der Waals surface area contributed by atoms with Crippen molar-refractivity contribution in [2.75, 3.05) is 13.2 Å². The van der Waals surface area contributed by atoms with Crippen LogP contribution in [0.4, 0.5) is 0 Å². The Bertz CT molecular complexity index is 846. The number of rotatable bonds is 7. The number of benzene rings is 1. The highest BCUT2D eigenvalue weighted by Gasteiger charge is 2.18. The van der Waals surface area contributed by atoms with Crippen molar-refractivity contribution in [2.45, 2.75) is 19.9 Å². The average molecular weight is 407 g/mol. The summed E-state index contributed by atoms with van der Waals surface area (Å²) in [4.78, 5) is 4.43. The van der Waals surface area contributed by atoms with E-state index in [1.54, 1.807) is 12.1 Å².